The van der Waals surface area contributed by atoms with Gasteiger partial charge in [-0.3, -0.25) is 4.79 Å². The topological polar surface area (TPSA) is 35.6 Å². The second-order valence-electron chi connectivity index (χ2n) is 7.91. The molecule has 1 saturated carbocycles. The van der Waals surface area contributed by atoms with Crippen molar-refractivity contribution < 1.29 is 4.79 Å². The van der Waals surface area contributed by atoms with Gasteiger partial charge in [-0.05, 0) is 56.6 Å². The van der Waals surface area contributed by atoms with E-state index in [2.05, 4.69) is 46.3 Å². The van der Waals surface area contributed by atoms with E-state index in [1.807, 2.05) is 6.07 Å². The van der Waals surface area contributed by atoms with Crippen molar-refractivity contribution in [3.05, 3.63) is 30.3 Å². The summed E-state index contributed by atoms with van der Waals surface area (Å²) in [5.74, 6) is 1.12. The highest BCUT2D eigenvalue weighted by Crippen LogP contribution is 2.38. The third kappa shape index (κ3) is 3.39. The highest BCUT2D eigenvalue weighted by Gasteiger charge is 2.50. The van der Waals surface area contributed by atoms with E-state index in [0.717, 1.165) is 43.6 Å². The number of amides is 1. The van der Waals surface area contributed by atoms with Crippen molar-refractivity contribution in [1.29, 1.82) is 0 Å². The summed E-state index contributed by atoms with van der Waals surface area (Å²) >= 11 is 0. The van der Waals surface area contributed by atoms with Crippen LogP contribution in [0.25, 0.3) is 0 Å². The van der Waals surface area contributed by atoms with Gasteiger partial charge in [-0.1, -0.05) is 25.1 Å². The monoisotopic (exact) mass is 363 g/mol. The van der Waals surface area contributed by atoms with Crippen molar-refractivity contribution >= 4 is 24.0 Å². The maximum absolute atomic E-state index is 12.7. The SMILES string of the molecule is CC1CCC(N2CCC3(CC2)C(=O)NCN3c2ccccc2)CC1.Cl. The lowest BCUT2D eigenvalue weighted by atomic mass is 9.82. The van der Waals surface area contributed by atoms with Gasteiger partial charge in [-0.2, -0.15) is 0 Å². The zero-order chi connectivity index (χ0) is 16.6. The molecule has 0 radical (unpaired) electrons. The molecule has 1 spiro atoms. The van der Waals surface area contributed by atoms with Gasteiger partial charge >= 0.3 is 0 Å². The molecule has 1 N–H and O–H groups in total. The Morgan fingerprint density at radius 1 is 1.04 bits per heavy atom. The predicted molar refractivity (Wildman–Crippen MR) is 104 cm³/mol. The highest BCUT2D eigenvalue weighted by atomic mass is 35.5. The summed E-state index contributed by atoms with van der Waals surface area (Å²) in [4.78, 5) is 17.6. The summed E-state index contributed by atoms with van der Waals surface area (Å²) < 4.78 is 0. The van der Waals surface area contributed by atoms with Crippen LogP contribution in [0.2, 0.25) is 0 Å². The Balaban J connectivity index is 0.00000182. The fraction of sp³-hybridized carbons (Fsp3) is 0.650. The average Bonchev–Trinajstić information content (AvgIpc) is 2.94. The maximum atomic E-state index is 12.7. The van der Waals surface area contributed by atoms with Gasteiger partial charge in [0.05, 0.1) is 6.67 Å². The molecule has 2 heterocycles. The van der Waals surface area contributed by atoms with E-state index in [1.54, 1.807) is 0 Å². The van der Waals surface area contributed by atoms with Gasteiger partial charge in [-0.25, -0.2) is 0 Å². The van der Waals surface area contributed by atoms with Crippen LogP contribution in [0.5, 0.6) is 0 Å². The largest absolute Gasteiger partial charge is 0.339 e. The van der Waals surface area contributed by atoms with E-state index in [-0.39, 0.29) is 23.9 Å². The van der Waals surface area contributed by atoms with E-state index >= 15 is 0 Å². The van der Waals surface area contributed by atoms with Crippen LogP contribution in [0.3, 0.4) is 0 Å². The third-order valence-corrected chi connectivity index (χ3v) is 6.53. The van der Waals surface area contributed by atoms with E-state index in [0.29, 0.717) is 6.67 Å². The van der Waals surface area contributed by atoms with Crippen molar-refractivity contribution in [2.24, 2.45) is 5.92 Å². The number of likely N-dealkylation sites (tertiary alicyclic amines) is 1. The minimum Gasteiger partial charge on any atom is -0.339 e. The summed E-state index contributed by atoms with van der Waals surface area (Å²) in [6.07, 6.45) is 7.29. The molecule has 0 atom stereocenters. The number of carbonyl (C=O) groups excluding carboxylic acids is 1. The molecule has 0 aromatic heterocycles. The molecule has 138 valence electrons. The van der Waals surface area contributed by atoms with Gasteiger partial charge in [0.15, 0.2) is 0 Å². The van der Waals surface area contributed by atoms with E-state index in [1.165, 1.54) is 25.7 Å². The number of nitrogens with zero attached hydrogens (tertiary/aromatic N) is 2. The van der Waals surface area contributed by atoms with E-state index < -0.39 is 0 Å². The lowest BCUT2D eigenvalue weighted by molar-refractivity contribution is -0.125. The average molecular weight is 364 g/mol. The molecule has 1 aromatic carbocycles. The van der Waals surface area contributed by atoms with Crippen LogP contribution in [-0.4, -0.2) is 42.1 Å². The number of hydrogen-bond donors (Lipinski definition) is 1. The van der Waals surface area contributed by atoms with Gasteiger partial charge in [0.1, 0.15) is 5.54 Å². The molecular formula is C20H30ClN3O. The summed E-state index contributed by atoms with van der Waals surface area (Å²) in [6.45, 7) is 5.12. The maximum Gasteiger partial charge on any atom is 0.247 e. The minimum absolute atomic E-state index is 0. The van der Waals surface area contributed by atoms with Gasteiger partial charge in [0.25, 0.3) is 0 Å². The van der Waals surface area contributed by atoms with Crippen molar-refractivity contribution in [2.75, 3.05) is 24.7 Å². The summed E-state index contributed by atoms with van der Waals surface area (Å²) in [6, 6.07) is 11.1. The van der Waals surface area contributed by atoms with Crippen LogP contribution in [0.15, 0.2) is 30.3 Å². The van der Waals surface area contributed by atoms with Gasteiger partial charge in [0.2, 0.25) is 5.91 Å². The standard InChI is InChI=1S/C20H29N3O.ClH/c1-16-7-9-17(10-8-16)22-13-11-20(12-14-22)19(24)21-15-23(20)18-5-3-2-4-6-18;/h2-6,16-17H,7-15H2,1H3,(H,21,24);1H. The molecule has 1 aliphatic carbocycles. The number of carbonyl (C=O) groups is 1. The molecule has 0 unspecified atom stereocenters. The molecule has 5 heteroatoms. The van der Waals surface area contributed by atoms with Crippen molar-refractivity contribution in [2.45, 2.75) is 57.0 Å². The van der Waals surface area contributed by atoms with E-state index in [9.17, 15) is 4.79 Å². The van der Waals surface area contributed by atoms with Crippen molar-refractivity contribution in [3.8, 4) is 0 Å². The normalized spacial score (nSPS) is 29.3. The molecule has 2 saturated heterocycles. The molecule has 0 bridgehead atoms. The Morgan fingerprint density at radius 3 is 2.32 bits per heavy atom. The van der Waals surface area contributed by atoms with Gasteiger partial charge in [-0.15, -0.1) is 12.4 Å². The molecule has 4 rings (SSSR count). The zero-order valence-corrected chi connectivity index (χ0v) is 15.9. The van der Waals surface area contributed by atoms with Crippen molar-refractivity contribution in [3.63, 3.8) is 0 Å². The molecule has 1 aromatic rings. The zero-order valence-electron chi connectivity index (χ0n) is 15.1. The van der Waals surface area contributed by atoms with E-state index in [4.69, 9.17) is 0 Å². The second kappa shape index (κ2) is 7.55. The van der Waals surface area contributed by atoms with Gasteiger partial charge < -0.3 is 15.1 Å². The Labute approximate surface area is 157 Å². The lowest BCUT2D eigenvalue weighted by Gasteiger charge is -2.46. The Bertz CT molecular complexity index is 578. The number of benzene rings is 1. The number of para-hydroxylation sites is 1. The molecule has 2 aliphatic heterocycles. The molecule has 3 aliphatic rings. The molecule has 4 nitrogen and oxygen atoms in total. The van der Waals surface area contributed by atoms with Crippen molar-refractivity contribution in [1.82, 2.24) is 10.2 Å². The first-order valence-electron chi connectivity index (χ1n) is 9.54. The lowest BCUT2D eigenvalue weighted by Crippen LogP contribution is -2.58. The number of halogens is 1. The molecule has 3 fully saturated rings. The summed E-state index contributed by atoms with van der Waals surface area (Å²) in [5.41, 5.74) is 0.829. The summed E-state index contributed by atoms with van der Waals surface area (Å²) in [7, 11) is 0. The minimum atomic E-state index is -0.334. The first kappa shape index (κ1) is 18.5. The highest BCUT2D eigenvalue weighted by molar-refractivity contribution is 5.93. The molecule has 1 amide bonds. The molecular weight excluding hydrogens is 334 g/mol. The second-order valence-corrected chi connectivity index (χ2v) is 7.91. The first-order valence-corrected chi connectivity index (χ1v) is 9.54. The quantitative estimate of drug-likeness (QED) is 0.874. The smallest absolute Gasteiger partial charge is 0.247 e. The predicted octanol–water partition coefficient (Wildman–Crippen LogP) is 3.42. The summed E-state index contributed by atoms with van der Waals surface area (Å²) in [5, 5.41) is 3.10. The van der Waals surface area contributed by atoms with Crippen LogP contribution in [-0.2, 0) is 4.79 Å². The van der Waals surface area contributed by atoms with Crippen LogP contribution in [0.1, 0.15) is 45.4 Å². The Kier molecular flexibility index (Phi) is 5.59. The van der Waals surface area contributed by atoms with Crippen LogP contribution in [0, 0.1) is 5.92 Å². The number of piperidine rings is 1. The van der Waals surface area contributed by atoms with Crippen LogP contribution in [0.4, 0.5) is 5.69 Å². The molecule has 25 heavy (non-hydrogen) atoms. The number of rotatable bonds is 2. The van der Waals surface area contributed by atoms with Crippen LogP contribution >= 0.6 is 12.4 Å². The first-order chi connectivity index (χ1) is 11.7. The Hall–Kier alpha value is -1.26. The third-order valence-electron chi connectivity index (χ3n) is 6.53. The fourth-order valence-corrected chi connectivity index (χ4v) is 4.90. The number of anilines is 1. The number of nitrogens with one attached hydrogen (secondary N) is 1. The fourth-order valence-electron chi connectivity index (χ4n) is 4.90. The Morgan fingerprint density at radius 2 is 1.68 bits per heavy atom. The van der Waals surface area contributed by atoms with Crippen LogP contribution < -0.4 is 10.2 Å². The number of hydrogen-bond acceptors (Lipinski definition) is 3. The van der Waals surface area contributed by atoms with Gasteiger partial charge in [0, 0.05) is 24.8 Å².